The molecule has 266 valence electrons. The molecule has 6 rings (SSSR count). The summed E-state index contributed by atoms with van der Waals surface area (Å²) in [7, 11) is -2.61. The van der Waals surface area contributed by atoms with E-state index in [2.05, 4.69) is 102 Å². The van der Waals surface area contributed by atoms with Gasteiger partial charge in [-0.3, -0.25) is 0 Å². The molecule has 2 saturated heterocycles. The molecule has 0 spiro atoms. The van der Waals surface area contributed by atoms with Gasteiger partial charge in [-0.2, -0.15) is 11.8 Å². The summed E-state index contributed by atoms with van der Waals surface area (Å²) in [5.41, 5.74) is -1.39. The topological polar surface area (TPSA) is 122 Å². The number of benzene rings is 2. The number of hydrogen-bond donors (Lipinski definition) is 4. The second-order valence-corrected chi connectivity index (χ2v) is 21.1. The van der Waals surface area contributed by atoms with Crippen LogP contribution in [0.2, 0.25) is 5.04 Å². The van der Waals surface area contributed by atoms with E-state index >= 15 is 0 Å². The maximum atomic E-state index is 11.0. The number of rotatable bonds is 13. The first-order valence-corrected chi connectivity index (χ1v) is 21.8. The maximum absolute atomic E-state index is 11.0. The number of aliphatic carboxylic acids is 1. The van der Waals surface area contributed by atoms with Gasteiger partial charge in [0.1, 0.15) is 0 Å². The Bertz CT molecular complexity index is 1420. The molecule has 4 N–H and O–H groups in total. The van der Waals surface area contributed by atoms with Gasteiger partial charge >= 0.3 is 5.97 Å². The van der Waals surface area contributed by atoms with Crippen LogP contribution in [0.4, 0.5) is 0 Å². The number of thioether (sulfide) groups is 2. The van der Waals surface area contributed by atoms with Crippen LogP contribution in [0.1, 0.15) is 46.5 Å². The third-order valence-electron chi connectivity index (χ3n) is 10.0. The Morgan fingerprint density at radius 1 is 0.837 bits per heavy atom. The highest BCUT2D eigenvalue weighted by atomic mass is 32.2. The number of aliphatic hydroxyl groups excluding tert-OH is 1. The van der Waals surface area contributed by atoms with Gasteiger partial charge in [-0.05, 0) is 41.1 Å². The summed E-state index contributed by atoms with van der Waals surface area (Å²) in [6, 6.07) is 22.6. The molecule has 0 aliphatic carbocycles. The zero-order chi connectivity index (χ0) is 34.4. The van der Waals surface area contributed by atoms with E-state index in [0.717, 1.165) is 87.0 Å². The van der Waals surface area contributed by atoms with E-state index in [4.69, 9.17) is 19.5 Å². The van der Waals surface area contributed by atoms with Crippen LogP contribution in [-0.4, -0.2) is 126 Å². The Labute approximate surface area is 300 Å². The zero-order valence-corrected chi connectivity index (χ0v) is 31.6. The van der Waals surface area contributed by atoms with E-state index < -0.39 is 19.7 Å². The fourth-order valence-corrected chi connectivity index (χ4v) is 14.0. The average Bonchev–Trinajstić information content (AvgIpc) is 3.11. The molecule has 0 radical (unpaired) electrons. The Hall–Kier alpha value is -2.71. The molecule has 5 atom stereocenters. The Morgan fingerprint density at radius 3 is 1.84 bits per heavy atom. The highest BCUT2D eigenvalue weighted by Gasteiger charge is 2.50. The predicted molar refractivity (Wildman–Crippen MR) is 205 cm³/mol. The van der Waals surface area contributed by atoms with Gasteiger partial charge in [0, 0.05) is 55.5 Å². The van der Waals surface area contributed by atoms with Gasteiger partial charge < -0.3 is 35.1 Å². The average molecular weight is 725 g/mol. The van der Waals surface area contributed by atoms with Crippen molar-refractivity contribution < 1.29 is 19.4 Å². The smallest absolute Gasteiger partial charge is 0.343 e. The van der Waals surface area contributed by atoms with Crippen molar-refractivity contribution in [2.24, 2.45) is 9.98 Å². The third-order valence-corrected chi connectivity index (χ3v) is 17.4. The van der Waals surface area contributed by atoms with Crippen molar-refractivity contribution >= 4 is 60.1 Å². The lowest BCUT2D eigenvalue weighted by Gasteiger charge is -2.44. The van der Waals surface area contributed by atoms with Crippen LogP contribution >= 0.6 is 23.5 Å². The van der Waals surface area contributed by atoms with Gasteiger partial charge in [-0.15, -0.1) is 11.8 Å². The first-order chi connectivity index (χ1) is 23.6. The standard InChI is InChI=1S/C36H52N6O4S2Si/c1-36(2,3)49(30-10-6-4-7-11-30,31-12-8-5-9-13-31)46-22-26-14-18-41-19-15-27(38-34(41)37-26)23-47-24-28-16-20-42-21-17-29(40-35(42)39-28)25-48-33(45)32(43)44/h4-13,26-29,33,45H,14-25H2,1-3H3,(H,37,38)(H,39,40)(H,43,44)/t26-,27-,28-,29-,33?/m1/s1. The van der Waals surface area contributed by atoms with Crippen LogP contribution < -0.4 is 21.0 Å². The van der Waals surface area contributed by atoms with Crippen LogP contribution in [0.5, 0.6) is 0 Å². The molecule has 0 aromatic heterocycles. The molecule has 13 heteroatoms. The highest BCUT2D eigenvalue weighted by Crippen LogP contribution is 2.37. The lowest BCUT2D eigenvalue weighted by molar-refractivity contribution is -0.141. The number of aliphatic imine (C=N–C) groups is 2. The SMILES string of the molecule is CC(C)(C)[Si](OC[C@H]1CCN2CC[C@H](CSC[C@H]3CCN4CC[C@H](CSC(O)C(=O)O)N=C4N3)NC2=N1)(c1ccccc1)c1ccccc1. The maximum Gasteiger partial charge on any atom is 0.343 e. The number of carboxylic acids is 1. The van der Waals surface area contributed by atoms with Crippen LogP contribution in [0, 0.1) is 0 Å². The lowest BCUT2D eigenvalue weighted by atomic mass is 10.1. The second kappa shape index (κ2) is 16.1. The molecule has 49 heavy (non-hydrogen) atoms. The third kappa shape index (κ3) is 8.61. The van der Waals surface area contributed by atoms with Crippen LogP contribution in [-0.2, 0) is 9.22 Å². The van der Waals surface area contributed by atoms with E-state index in [9.17, 15) is 9.90 Å². The number of aliphatic hydroxyl groups is 1. The molecule has 4 aliphatic rings. The van der Waals surface area contributed by atoms with Crippen LogP contribution in [0.25, 0.3) is 0 Å². The Balaban J connectivity index is 1.03. The molecular formula is C36H52N6O4S2Si. The van der Waals surface area contributed by atoms with Gasteiger partial charge in [0.25, 0.3) is 8.32 Å². The molecule has 1 unspecified atom stereocenters. The van der Waals surface area contributed by atoms with E-state index in [0.29, 0.717) is 24.4 Å². The molecule has 4 heterocycles. The molecule has 0 amide bonds. The monoisotopic (exact) mass is 724 g/mol. The fourth-order valence-electron chi connectivity index (χ4n) is 7.39. The van der Waals surface area contributed by atoms with Gasteiger partial charge in [0.15, 0.2) is 17.4 Å². The van der Waals surface area contributed by atoms with Crippen molar-refractivity contribution in [3.8, 4) is 0 Å². The van der Waals surface area contributed by atoms with Gasteiger partial charge in [-0.1, -0.05) is 81.4 Å². The first-order valence-electron chi connectivity index (χ1n) is 17.7. The van der Waals surface area contributed by atoms with Crippen molar-refractivity contribution in [2.75, 3.05) is 50.0 Å². The minimum Gasteiger partial charge on any atom is -0.479 e. The fraction of sp³-hybridized carbons (Fsp3) is 0.583. The normalized spacial score (nSPS) is 24.8. The molecule has 2 aromatic rings. The number of nitrogens with one attached hydrogen (secondary N) is 2. The Morgan fingerprint density at radius 2 is 1.33 bits per heavy atom. The molecular weight excluding hydrogens is 673 g/mol. The summed E-state index contributed by atoms with van der Waals surface area (Å²) in [4.78, 5) is 25.8. The van der Waals surface area contributed by atoms with Crippen LogP contribution in [0.3, 0.4) is 0 Å². The zero-order valence-electron chi connectivity index (χ0n) is 29.0. The summed E-state index contributed by atoms with van der Waals surface area (Å²) in [6.45, 7) is 11.5. The van der Waals surface area contributed by atoms with Crippen LogP contribution in [0.15, 0.2) is 70.6 Å². The van der Waals surface area contributed by atoms with Gasteiger partial charge in [0.05, 0.1) is 18.7 Å². The molecule has 0 bridgehead atoms. The molecule has 10 nitrogen and oxygen atoms in total. The summed E-state index contributed by atoms with van der Waals surface area (Å²) in [5.74, 6) is 3.29. The van der Waals surface area contributed by atoms with E-state index in [1.165, 1.54) is 10.4 Å². The van der Waals surface area contributed by atoms with Crippen molar-refractivity contribution in [1.29, 1.82) is 0 Å². The lowest BCUT2D eigenvalue weighted by Crippen LogP contribution is -2.67. The number of nitrogens with zero attached hydrogens (tertiary/aromatic N) is 4. The minimum absolute atomic E-state index is 0.0212. The largest absolute Gasteiger partial charge is 0.479 e. The van der Waals surface area contributed by atoms with Crippen molar-refractivity contribution in [2.45, 2.75) is 81.1 Å². The number of guanidine groups is 2. The number of fused-ring (bicyclic) bond motifs is 2. The molecule has 0 saturated carbocycles. The second-order valence-electron chi connectivity index (χ2n) is 14.6. The number of hydrogen-bond acceptors (Lipinski definition) is 11. The van der Waals surface area contributed by atoms with E-state index in [1.54, 1.807) is 0 Å². The summed E-state index contributed by atoms with van der Waals surface area (Å²) < 4.78 is 7.25. The number of carboxylic acid groups (broad SMARTS) is 1. The summed E-state index contributed by atoms with van der Waals surface area (Å²) in [5, 5.41) is 28.6. The van der Waals surface area contributed by atoms with Gasteiger partial charge in [-0.25, -0.2) is 14.8 Å². The highest BCUT2D eigenvalue weighted by molar-refractivity contribution is 8.00. The summed E-state index contributed by atoms with van der Waals surface area (Å²) in [6.07, 6.45) is 4.06. The molecule has 2 fully saturated rings. The predicted octanol–water partition coefficient (Wildman–Crippen LogP) is 3.02. The quantitative estimate of drug-likeness (QED) is 0.181. The van der Waals surface area contributed by atoms with Gasteiger partial charge in [0.2, 0.25) is 0 Å². The van der Waals surface area contributed by atoms with Crippen molar-refractivity contribution in [3.63, 3.8) is 0 Å². The summed E-state index contributed by atoms with van der Waals surface area (Å²) >= 11 is 3.03. The van der Waals surface area contributed by atoms with Crippen molar-refractivity contribution in [1.82, 2.24) is 20.4 Å². The minimum atomic E-state index is -2.61. The first kappa shape index (κ1) is 36.1. The molecule has 4 aliphatic heterocycles. The molecule has 2 aromatic carbocycles. The van der Waals surface area contributed by atoms with Crippen molar-refractivity contribution in [3.05, 3.63) is 60.7 Å². The van der Waals surface area contributed by atoms with E-state index in [1.807, 2.05) is 11.8 Å². The van der Waals surface area contributed by atoms with E-state index in [-0.39, 0.29) is 17.1 Å². The number of carbonyl (C=O) groups is 1. The Kier molecular flexibility index (Phi) is 11.9.